The molecule has 0 aromatic carbocycles. The normalized spacial score (nSPS) is 17.9. The molecule has 104 valence electrons. The van der Waals surface area contributed by atoms with Crippen LogP contribution in [-0.2, 0) is 9.59 Å². The molecule has 0 amide bonds. The monoisotopic (exact) mass is 264 g/mol. The van der Waals surface area contributed by atoms with E-state index in [4.69, 9.17) is 4.52 Å². The molecule has 1 fully saturated rings. The number of carbonyl (C=O) groups is 2. The van der Waals surface area contributed by atoms with Crippen LogP contribution in [0.4, 0.5) is 5.82 Å². The second-order valence-electron chi connectivity index (χ2n) is 5.45. The highest BCUT2D eigenvalue weighted by Crippen LogP contribution is 2.29. The Morgan fingerprint density at radius 2 is 2.00 bits per heavy atom. The maximum Gasteiger partial charge on any atom is 0.172 e. The second-order valence-corrected chi connectivity index (χ2v) is 5.45. The summed E-state index contributed by atoms with van der Waals surface area (Å²) in [5, 5.41) is 4.04. The van der Waals surface area contributed by atoms with E-state index in [0.29, 0.717) is 37.5 Å². The van der Waals surface area contributed by atoms with Crippen molar-refractivity contribution in [1.29, 1.82) is 0 Å². The van der Waals surface area contributed by atoms with Gasteiger partial charge in [-0.25, -0.2) is 0 Å². The Labute approximate surface area is 112 Å². The number of rotatable bonds is 4. The number of aromatic nitrogens is 1. The molecule has 1 unspecified atom stereocenters. The maximum atomic E-state index is 11.7. The molecule has 19 heavy (non-hydrogen) atoms. The first-order chi connectivity index (χ1) is 8.99. The number of hydrogen-bond donors (Lipinski definition) is 0. The number of nitrogens with zero attached hydrogens (tertiary/aromatic N) is 2. The van der Waals surface area contributed by atoms with Crippen molar-refractivity contribution in [1.82, 2.24) is 5.16 Å². The van der Waals surface area contributed by atoms with E-state index in [1.54, 1.807) is 6.92 Å². The molecular weight excluding hydrogens is 244 g/mol. The molecule has 1 atom stereocenters. The Kier molecular flexibility index (Phi) is 4.02. The molecule has 5 heteroatoms. The van der Waals surface area contributed by atoms with Gasteiger partial charge in [0.25, 0.3) is 0 Å². The van der Waals surface area contributed by atoms with Gasteiger partial charge in [-0.15, -0.1) is 0 Å². The first kappa shape index (κ1) is 13.8. The summed E-state index contributed by atoms with van der Waals surface area (Å²) in [4.78, 5) is 24.9. The van der Waals surface area contributed by atoms with Crippen molar-refractivity contribution in [3.05, 3.63) is 11.8 Å². The van der Waals surface area contributed by atoms with Crippen molar-refractivity contribution in [3.63, 3.8) is 0 Å². The van der Waals surface area contributed by atoms with Crippen molar-refractivity contribution < 1.29 is 14.1 Å². The molecule has 2 rings (SSSR count). The fraction of sp³-hybridized carbons (Fsp3) is 0.643. The van der Waals surface area contributed by atoms with E-state index in [1.165, 1.54) is 0 Å². The third kappa shape index (κ3) is 3.03. The number of Topliss-reactive ketones (excluding diaryl/α,β-unsaturated/α-hetero) is 2. The zero-order chi connectivity index (χ0) is 14.0. The number of piperidine rings is 1. The summed E-state index contributed by atoms with van der Waals surface area (Å²) in [6.45, 7) is 6.92. The van der Waals surface area contributed by atoms with Gasteiger partial charge in [-0.1, -0.05) is 19.0 Å². The van der Waals surface area contributed by atoms with Crippen LogP contribution < -0.4 is 4.90 Å². The van der Waals surface area contributed by atoms with Gasteiger partial charge in [0.2, 0.25) is 0 Å². The van der Waals surface area contributed by atoms with E-state index in [9.17, 15) is 9.59 Å². The molecule has 0 aliphatic carbocycles. The van der Waals surface area contributed by atoms with Crippen LogP contribution in [0.15, 0.2) is 10.6 Å². The lowest BCUT2D eigenvalue weighted by Crippen LogP contribution is -2.33. The minimum absolute atomic E-state index is 0.0894. The van der Waals surface area contributed by atoms with Crippen molar-refractivity contribution in [3.8, 4) is 0 Å². The lowest BCUT2D eigenvalue weighted by molar-refractivity contribution is -0.120. The van der Waals surface area contributed by atoms with E-state index < -0.39 is 0 Å². The number of anilines is 1. The lowest BCUT2D eigenvalue weighted by atomic mass is 9.90. The van der Waals surface area contributed by atoms with E-state index in [1.807, 2.05) is 24.8 Å². The summed E-state index contributed by atoms with van der Waals surface area (Å²) in [5.74, 6) is 1.67. The highest BCUT2D eigenvalue weighted by molar-refractivity contribution is 5.83. The standard InChI is InChI=1S/C14H20N2O3/c1-9(2)14(10(3)17)12-8-13(15-19-12)16-6-4-11(18)5-7-16/h8-9,14H,4-7H2,1-3H3. The molecule has 1 aliphatic heterocycles. The van der Waals surface area contributed by atoms with Gasteiger partial charge in [-0.3, -0.25) is 9.59 Å². The van der Waals surface area contributed by atoms with E-state index >= 15 is 0 Å². The molecule has 0 radical (unpaired) electrons. The summed E-state index contributed by atoms with van der Waals surface area (Å²) in [7, 11) is 0. The van der Waals surface area contributed by atoms with Crippen LogP contribution in [0.25, 0.3) is 0 Å². The first-order valence-electron chi connectivity index (χ1n) is 6.72. The van der Waals surface area contributed by atoms with Crippen LogP contribution in [0, 0.1) is 5.92 Å². The van der Waals surface area contributed by atoms with Gasteiger partial charge < -0.3 is 9.42 Å². The minimum atomic E-state index is -0.243. The van der Waals surface area contributed by atoms with E-state index in [2.05, 4.69) is 5.16 Å². The second kappa shape index (κ2) is 5.55. The van der Waals surface area contributed by atoms with Crippen LogP contribution in [0.5, 0.6) is 0 Å². The SMILES string of the molecule is CC(=O)C(c1cc(N2CCC(=O)CC2)no1)C(C)C. The summed E-state index contributed by atoms with van der Waals surface area (Å²) in [6, 6.07) is 1.84. The van der Waals surface area contributed by atoms with Crippen molar-refractivity contribution >= 4 is 17.4 Å². The Morgan fingerprint density at radius 3 is 2.53 bits per heavy atom. The van der Waals surface area contributed by atoms with Crippen LogP contribution in [0.3, 0.4) is 0 Å². The molecule has 0 saturated carbocycles. The molecule has 2 heterocycles. The zero-order valence-electron chi connectivity index (χ0n) is 11.7. The summed E-state index contributed by atoms with van der Waals surface area (Å²) in [5.41, 5.74) is 0. The molecule has 1 saturated heterocycles. The fourth-order valence-corrected chi connectivity index (χ4v) is 2.56. The number of hydrogen-bond acceptors (Lipinski definition) is 5. The average molecular weight is 264 g/mol. The third-order valence-corrected chi connectivity index (χ3v) is 3.57. The van der Waals surface area contributed by atoms with E-state index in [0.717, 1.165) is 5.82 Å². The molecule has 5 nitrogen and oxygen atoms in total. The predicted molar refractivity (Wildman–Crippen MR) is 71.2 cm³/mol. The highest BCUT2D eigenvalue weighted by Gasteiger charge is 2.27. The Balaban J connectivity index is 2.14. The van der Waals surface area contributed by atoms with Crippen molar-refractivity contribution in [2.45, 2.75) is 39.5 Å². The summed E-state index contributed by atoms with van der Waals surface area (Å²) in [6.07, 6.45) is 1.12. The average Bonchev–Trinajstić information content (AvgIpc) is 2.78. The summed E-state index contributed by atoms with van der Waals surface area (Å²) < 4.78 is 5.33. The fourth-order valence-electron chi connectivity index (χ4n) is 2.56. The van der Waals surface area contributed by atoms with Gasteiger partial charge in [0.1, 0.15) is 17.3 Å². The van der Waals surface area contributed by atoms with Gasteiger partial charge >= 0.3 is 0 Å². The Bertz CT molecular complexity index is 469. The minimum Gasteiger partial charge on any atom is -0.358 e. The Hall–Kier alpha value is -1.65. The van der Waals surface area contributed by atoms with Crippen molar-refractivity contribution in [2.75, 3.05) is 18.0 Å². The smallest absolute Gasteiger partial charge is 0.172 e. The largest absolute Gasteiger partial charge is 0.358 e. The molecule has 1 aromatic heterocycles. The third-order valence-electron chi connectivity index (χ3n) is 3.57. The summed E-state index contributed by atoms with van der Waals surface area (Å²) >= 11 is 0. The molecule has 1 aromatic rings. The van der Waals surface area contributed by atoms with Crippen LogP contribution >= 0.6 is 0 Å². The van der Waals surface area contributed by atoms with Gasteiger partial charge in [-0.2, -0.15) is 0 Å². The van der Waals surface area contributed by atoms with Gasteiger partial charge in [0.05, 0.1) is 5.92 Å². The first-order valence-corrected chi connectivity index (χ1v) is 6.72. The predicted octanol–water partition coefficient (Wildman–Crippen LogP) is 2.17. The van der Waals surface area contributed by atoms with Gasteiger partial charge in [0.15, 0.2) is 5.82 Å². The quantitative estimate of drug-likeness (QED) is 0.834. The van der Waals surface area contributed by atoms with E-state index in [-0.39, 0.29) is 17.6 Å². The lowest BCUT2D eigenvalue weighted by Gasteiger charge is -2.24. The van der Waals surface area contributed by atoms with Crippen LogP contribution in [0.1, 0.15) is 45.3 Å². The molecular formula is C14H20N2O3. The molecule has 0 spiro atoms. The Morgan fingerprint density at radius 1 is 1.37 bits per heavy atom. The van der Waals surface area contributed by atoms with Crippen molar-refractivity contribution in [2.24, 2.45) is 5.92 Å². The van der Waals surface area contributed by atoms with Gasteiger partial charge in [0, 0.05) is 32.0 Å². The van der Waals surface area contributed by atoms with Gasteiger partial charge in [-0.05, 0) is 12.8 Å². The highest BCUT2D eigenvalue weighted by atomic mass is 16.5. The maximum absolute atomic E-state index is 11.7. The topological polar surface area (TPSA) is 63.4 Å². The molecule has 0 bridgehead atoms. The van der Waals surface area contributed by atoms with Crippen LogP contribution in [0.2, 0.25) is 0 Å². The molecule has 1 aliphatic rings. The number of ketones is 2. The zero-order valence-corrected chi connectivity index (χ0v) is 11.7. The van der Waals surface area contributed by atoms with Crippen LogP contribution in [-0.4, -0.2) is 29.8 Å². The number of carbonyl (C=O) groups excluding carboxylic acids is 2. The molecule has 0 N–H and O–H groups in total.